The van der Waals surface area contributed by atoms with Gasteiger partial charge < -0.3 is 15.0 Å². The molecule has 2 aromatic carbocycles. The molecule has 0 fully saturated rings. The second-order valence-electron chi connectivity index (χ2n) is 5.78. The molecule has 0 bridgehead atoms. The standard InChI is InChI=1S/C19H19Cl2FN2O3/c1-3-24(10-18(25)23-16-8-13(20)5-4-12(16)2)19(26)11-27-17-7-6-14(22)9-15(17)21/h4-9H,3,10-11H2,1-2H3,(H,23,25). The number of carbonyl (C=O) groups excluding carboxylic acids is 2. The summed E-state index contributed by atoms with van der Waals surface area (Å²) in [6, 6.07) is 8.79. The minimum absolute atomic E-state index is 0.0695. The number of nitrogens with one attached hydrogen (secondary N) is 1. The molecule has 2 rings (SSSR count). The van der Waals surface area contributed by atoms with Crippen molar-refractivity contribution in [3.05, 3.63) is 57.8 Å². The number of rotatable bonds is 7. The second-order valence-corrected chi connectivity index (χ2v) is 6.62. The van der Waals surface area contributed by atoms with Crippen molar-refractivity contribution in [2.24, 2.45) is 0 Å². The van der Waals surface area contributed by atoms with Crippen LogP contribution in [-0.2, 0) is 9.59 Å². The van der Waals surface area contributed by atoms with E-state index in [9.17, 15) is 14.0 Å². The number of halogens is 3. The van der Waals surface area contributed by atoms with E-state index in [0.29, 0.717) is 17.3 Å². The van der Waals surface area contributed by atoms with Gasteiger partial charge in [-0.15, -0.1) is 0 Å². The van der Waals surface area contributed by atoms with Crippen LogP contribution in [0.2, 0.25) is 10.0 Å². The zero-order valence-corrected chi connectivity index (χ0v) is 16.4. The fraction of sp³-hybridized carbons (Fsp3) is 0.263. The molecule has 1 N–H and O–H groups in total. The van der Waals surface area contributed by atoms with Crippen LogP contribution in [0.3, 0.4) is 0 Å². The molecule has 0 saturated heterocycles. The Hall–Kier alpha value is -2.31. The molecule has 0 aliphatic rings. The highest BCUT2D eigenvalue weighted by Gasteiger charge is 2.17. The summed E-state index contributed by atoms with van der Waals surface area (Å²) in [5, 5.41) is 3.31. The van der Waals surface area contributed by atoms with Crippen molar-refractivity contribution in [2.75, 3.05) is 25.0 Å². The number of anilines is 1. The molecule has 8 heteroatoms. The van der Waals surface area contributed by atoms with Gasteiger partial charge in [-0.05, 0) is 49.7 Å². The normalized spacial score (nSPS) is 10.4. The second kappa shape index (κ2) is 9.58. The zero-order chi connectivity index (χ0) is 20.0. The molecule has 0 heterocycles. The molecule has 0 unspecified atom stereocenters. The predicted octanol–water partition coefficient (Wildman–Crippen LogP) is 4.31. The summed E-state index contributed by atoms with van der Waals surface area (Å²) in [6.45, 7) is 3.46. The van der Waals surface area contributed by atoms with Gasteiger partial charge in [-0.25, -0.2) is 4.39 Å². The number of aryl methyl sites for hydroxylation is 1. The number of hydrogen-bond donors (Lipinski definition) is 1. The largest absolute Gasteiger partial charge is 0.482 e. The van der Waals surface area contributed by atoms with Crippen molar-refractivity contribution in [3.8, 4) is 5.75 Å². The van der Waals surface area contributed by atoms with Gasteiger partial charge in [0.25, 0.3) is 5.91 Å². The van der Waals surface area contributed by atoms with E-state index >= 15 is 0 Å². The molecule has 0 atom stereocenters. The first-order chi connectivity index (χ1) is 12.8. The molecule has 0 aliphatic heterocycles. The minimum Gasteiger partial charge on any atom is -0.482 e. The molecular weight excluding hydrogens is 394 g/mol. The van der Waals surface area contributed by atoms with E-state index in [1.165, 1.54) is 17.0 Å². The minimum atomic E-state index is -0.498. The van der Waals surface area contributed by atoms with E-state index in [2.05, 4.69) is 5.32 Å². The fourth-order valence-electron chi connectivity index (χ4n) is 2.29. The van der Waals surface area contributed by atoms with Crippen molar-refractivity contribution in [1.29, 1.82) is 0 Å². The lowest BCUT2D eigenvalue weighted by molar-refractivity contribution is -0.136. The number of amides is 2. The van der Waals surface area contributed by atoms with Crippen LogP contribution in [0.1, 0.15) is 12.5 Å². The summed E-state index contributed by atoms with van der Waals surface area (Å²) in [5.41, 5.74) is 1.45. The molecule has 0 aliphatic carbocycles. The molecule has 0 spiro atoms. The lowest BCUT2D eigenvalue weighted by Gasteiger charge is -2.21. The third kappa shape index (κ3) is 6.12. The van der Waals surface area contributed by atoms with E-state index in [4.69, 9.17) is 27.9 Å². The van der Waals surface area contributed by atoms with E-state index in [-0.39, 0.29) is 29.8 Å². The number of carbonyl (C=O) groups is 2. The Labute approximate surface area is 167 Å². The molecule has 2 aromatic rings. The molecule has 144 valence electrons. The zero-order valence-electron chi connectivity index (χ0n) is 14.9. The number of benzene rings is 2. The van der Waals surface area contributed by atoms with Crippen molar-refractivity contribution >= 4 is 40.7 Å². The molecule has 0 radical (unpaired) electrons. The van der Waals surface area contributed by atoms with Gasteiger partial charge in [0.05, 0.1) is 11.6 Å². The van der Waals surface area contributed by atoms with Crippen LogP contribution in [0, 0.1) is 12.7 Å². The van der Waals surface area contributed by atoms with Crippen molar-refractivity contribution in [2.45, 2.75) is 13.8 Å². The molecule has 27 heavy (non-hydrogen) atoms. The predicted molar refractivity (Wildman–Crippen MR) is 104 cm³/mol. The van der Waals surface area contributed by atoms with Crippen LogP contribution in [0.5, 0.6) is 5.75 Å². The van der Waals surface area contributed by atoms with Crippen molar-refractivity contribution < 1.29 is 18.7 Å². The smallest absolute Gasteiger partial charge is 0.260 e. The summed E-state index contributed by atoms with van der Waals surface area (Å²) >= 11 is 11.8. The summed E-state index contributed by atoms with van der Waals surface area (Å²) in [6.07, 6.45) is 0. The number of nitrogens with zero attached hydrogens (tertiary/aromatic N) is 1. The third-order valence-electron chi connectivity index (χ3n) is 3.79. The van der Waals surface area contributed by atoms with Crippen LogP contribution >= 0.6 is 23.2 Å². The van der Waals surface area contributed by atoms with Crippen molar-refractivity contribution in [1.82, 2.24) is 4.90 Å². The first-order valence-electron chi connectivity index (χ1n) is 8.21. The summed E-state index contributed by atoms with van der Waals surface area (Å²) in [4.78, 5) is 25.9. The molecule has 0 aromatic heterocycles. The van der Waals surface area contributed by atoms with Gasteiger partial charge in [-0.3, -0.25) is 9.59 Å². The van der Waals surface area contributed by atoms with Gasteiger partial charge in [-0.1, -0.05) is 29.3 Å². The maximum Gasteiger partial charge on any atom is 0.260 e. The Morgan fingerprint density at radius 1 is 1.19 bits per heavy atom. The maximum atomic E-state index is 13.0. The Bertz CT molecular complexity index is 846. The lowest BCUT2D eigenvalue weighted by atomic mass is 10.2. The van der Waals surface area contributed by atoms with Crippen molar-refractivity contribution in [3.63, 3.8) is 0 Å². The highest BCUT2D eigenvalue weighted by atomic mass is 35.5. The van der Waals surface area contributed by atoms with E-state index < -0.39 is 11.7 Å². The van der Waals surface area contributed by atoms with Gasteiger partial charge in [0.1, 0.15) is 11.6 Å². The average molecular weight is 413 g/mol. The summed E-state index contributed by atoms with van der Waals surface area (Å²) in [5.74, 6) is -1.05. The topological polar surface area (TPSA) is 58.6 Å². The number of likely N-dealkylation sites (N-methyl/N-ethyl adjacent to an activating group) is 1. The number of hydrogen-bond acceptors (Lipinski definition) is 3. The maximum absolute atomic E-state index is 13.0. The van der Waals surface area contributed by atoms with Gasteiger partial charge in [0.15, 0.2) is 6.61 Å². The van der Waals surface area contributed by atoms with Gasteiger partial charge >= 0.3 is 0 Å². The van der Waals surface area contributed by atoms with Gasteiger partial charge in [-0.2, -0.15) is 0 Å². The van der Waals surface area contributed by atoms with Crippen LogP contribution in [0.4, 0.5) is 10.1 Å². The SMILES string of the molecule is CCN(CC(=O)Nc1cc(Cl)ccc1C)C(=O)COc1ccc(F)cc1Cl. The first kappa shape index (κ1) is 21.0. The third-order valence-corrected chi connectivity index (χ3v) is 4.32. The first-order valence-corrected chi connectivity index (χ1v) is 8.97. The Kier molecular flexibility index (Phi) is 7.45. The molecular formula is C19H19Cl2FN2O3. The highest BCUT2D eigenvalue weighted by molar-refractivity contribution is 6.32. The van der Waals surface area contributed by atoms with E-state index in [0.717, 1.165) is 11.6 Å². The Morgan fingerprint density at radius 2 is 1.93 bits per heavy atom. The summed E-state index contributed by atoms with van der Waals surface area (Å²) < 4.78 is 18.4. The van der Waals surface area contributed by atoms with Gasteiger partial charge in [0.2, 0.25) is 5.91 Å². The van der Waals surface area contributed by atoms with Crippen LogP contribution < -0.4 is 10.1 Å². The van der Waals surface area contributed by atoms with Gasteiger partial charge in [0, 0.05) is 17.3 Å². The molecule has 0 saturated carbocycles. The van der Waals surface area contributed by atoms with Crippen LogP contribution in [0.25, 0.3) is 0 Å². The number of ether oxygens (including phenoxy) is 1. The fourth-order valence-corrected chi connectivity index (χ4v) is 2.69. The Balaban J connectivity index is 1.93. The van der Waals surface area contributed by atoms with E-state index in [1.807, 2.05) is 6.92 Å². The quantitative estimate of drug-likeness (QED) is 0.736. The van der Waals surface area contributed by atoms with Crippen LogP contribution in [-0.4, -0.2) is 36.4 Å². The molecule has 2 amide bonds. The average Bonchev–Trinajstić information content (AvgIpc) is 2.61. The summed E-state index contributed by atoms with van der Waals surface area (Å²) in [7, 11) is 0. The highest BCUT2D eigenvalue weighted by Crippen LogP contribution is 2.25. The van der Waals surface area contributed by atoms with Crippen LogP contribution in [0.15, 0.2) is 36.4 Å². The monoisotopic (exact) mass is 412 g/mol. The molecule has 5 nitrogen and oxygen atoms in total. The van der Waals surface area contributed by atoms with E-state index in [1.54, 1.807) is 25.1 Å². The Morgan fingerprint density at radius 3 is 2.59 bits per heavy atom. The lowest BCUT2D eigenvalue weighted by Crippen LogP contribution is -2.40.